The molecular weight excluding hydrogens is 382 g/mol. The molecule has 0 saturated carbocycles. The van der Waals surface area contributed by atoms with Crippen molar-refractivity contribution in [3.63, 3.8) is 0 Å². The molecule has 1 N–H and O–H groups in total. The average Bonchev–Trinajstić information content (AvgIpc) is 2.64. The number of benzene rings is 1. The zero-order chi connectivity index (χ0) is 18.8. The smallest absolute Gasteiger partial charge is 0.294 e. The number of halogens is 1. The van der Waals surface area contributed by atoms with E-state index in [4.69, 9.17) is 14.2 Å². The Labute approximate surface area is 163 Å². The zero-order valence-corrected chi connectivity index (χ0v) is 15.9. The van der Waals surface area contributed by atoms with Gasteiger partial charge in [-0.2, -0.15) is 0 Å². The highest BCUT2D eigenvalue weighted by atomic mass is 35.5. The Morgan fingerprint density at radius 2 is 2.07 bits per heavy atom. The fourth-order valence-corrected chi connectivity index (χ4v) is 2.44. The van der Waals surface area contributed by atoms with Crippen LogP contribution in [0.1, 0.15) is 6.42 Å². The van der Waals surface area contributed by atoms with Crippen molar-refractivity contribution in [2.75, 3.05) is 58.5 Å². The number of nitrogens with zero attached hydrogens (tertiary/aromatic N) is 2. The molecule has 1 fully saturated rings. The molecule has 0 unspecified atom stereocenters. The number of anilines is 1. The molecule has 0 aliphatic carbocycles. The second kappa shape index (κ2) is 12.2. The number of hydrogen-bond acceptors (Lipinski definition) is 8. The summed E-state index contributed by atoms with van der Waals surface area (Å²) in [6, 6.07) is 4.91. The summed E-state index contributed by atoms with van der Waals surface area (Å²) in [6.07, 6.45) is 0.352. The van der Waals surface area contributed by atoms with Gasteiger partial charge in [0.15, 0.2) is 0 Å². The minimum Gasteiger partial charge on any atom is -0.495 e. The van der Waals surface area contributed by atoms with Crippen LogP contribution in [0.15, 0.2) is 18.2 Å². The summed E-state index contributed by atoms with van der Waals surface area (Å²) in [5.74, 6) is 0.809. The van der Waals surface area contributed by atoms with Crippen LogP contribution in [0.3, 0.4) is 0 Å². The second-order valence-electron chi connectivity index (χ2n) is 5.52. The van der Waals surface area contributed by atoms with Gasteiger partial charge >= 0.3 is 0 Å². The van der Waals surface area contributed by atoms with Crippen molar-refractivity contribution in [1.29, 1.82) is 0 Å². The third-order valence-corrected chi connectivity index (χ3v) is 3.75. The molecule has 10 nitrogen and oxygen atoms in total. The van der Waals surface area contributed by atoms with E-state index in [1.54, 1.807) is 18.2 Å². The zero-order valence-electron chi connectivity index (χ0n) is 15.0. The maximum atomic E-state index is 12.2. The topological polar surface area (TPSA) is 112 Å². The van der Waals surface area contributed by atoms with E-state index in [0.717, 1.165) is 13.1 Å². The third-order valence-electron chi connectivity index (χ3n) is 3.75. The third kappa shape index (κ3) is 8.29. The first-order valence-corrected chi connectivity index (χ1v) is 8.26. The Bertz CT molecular complexity index is 612. The molecule has 1 saturated heterocycles. The van der Waals surface area contributed by atoms with E-state index in [2.05, 4.69) is 15.1 Å². The standard InChI is InChI=1S/C16H23N3O7.ClH/c1-23-15-3-2-13(25-10-11-26-19(21)22)12-14(15)17-16(20)4-5-18-6-8-24-9-7-18;/h2-3,12H,4-11H2,1H3,(H,17,20);1H. The lowest BCUT2D eigenvalue weighted by Crippen LogP contribution is -2.38. The van der Waals surface area contributed by atoms with E-state index in [1.165, 1.54) is 7.11 Å². The van der Waals surface area contributed by atoms with E-state index < -0.39 is 5.09 Å². The quantitative estimate of drug-likeness (QED) is 0.353. The van der Waals surface area contributed by atoms with Gasteiger partial charge in [0.25, 0.3) is 5.09 Å². The Hall–Kier alpha value is -2.30. The highest BCUT2D eigenvalue weighted by Crippen LogP contribution is 2.29. The molecule has 1 heterocycles. The number of rotatable bonds is 10. The van der Waals surface area contributed by atoms with Crippen LogP contribution in [0.5, 0.6) is 11.5 Å². The maximum absolute atomic E-state index is 12.2. The molecule has 27 heavy (non-hydrogen) atoms. The van der Waals surface area contributed by atoms with E-state index >= 15 is 0 Å². The molecule has 0 radical (unpaired) electrons. The molecule has 152 valence electrons. The van der Waals surface area contributed by atoms with Gasteiger partial charge in [-0.3, -0.25) is 9.69 Å². The minimum absolute atomic E-state index is 0. The molecule has 0 aromatic heterocycles. The van der Waals surface area contributed by atoms with Crippen LogP contribution < -0.4 is 14.8 Å². The van der Waals surface area contributed by atoms with Crippen molar-refractivity contribution in [2.45, 2.75) is 6.42 Å². The summed E-state index contributed by atoms with van der Waals surface area (Å²) in [4.78, 5) is 28.7. The Morgan fingerprint density at radius 3 is 2.74 bits per heavy atom. The molecule has 1 aliphatic rings. The van der Waals surface area contributed by atoms with Gasteiger partial charge in [-0.1, -0.05) is 0 Å². The molecule has 1 amide bonds. The first kappa shape index (κ1) is 22.7. The summed E-state index contributed by atoms with van der Waals surface area (Å²) in [5, 5.41) is 12.0. The molecular formula is C16H24ClN3O7. The summed E-state index contributed by atoms with van der Waals surface area (Å²) in [6.45, 7) is 3.52. The number of carbonyl (C=O) groups is 1. The van der Waals surface area contributed by atoms with Gasteiger partial charge in [-0.15, -0.1) is 22.5 Å². The summed E-state index contributed by atoms with van der Waals surface area (Å²) < 4.78 is 15.9. The highest BCUT2D eigenvalue weighted by Gasteiger charge is 2.14. The van der Waals surface area contributed by atoms with Crippen molar-refractivity contribution in [3.8, 4) is 11.5 Å². The lowest BCUT2D eigenvalue weighted by atomic mass is 10.2. The molecule has 0 atom stereocenters. The fourth-order valence-electron chi connectivity index (χ4n) is 2.44. The van der Waals surface area contributed by atoms with Crippen molar-refractivity contribution < 1.29 is 28.9 Å². The maximum Gasteiger partial charge on any atom is 0.294 e. The number of hydrogen-bond donors (Lipinski definition) is 1. The largest absolute Gasteiger partial charge is 0.495 e. The highest BCUT2D eigenvalue weighted by molar-refractivity contribution is 5.92. The van der Waals surface area contributed by atoms with E-state index in [0.29, 0.717) is 43.4 Å². The second-order valence-corrected chi connectivity index (χ2v) is 5.52. The molecule has 1 aromatic carbocycles. The lowest BCUT2D eigenvalue weighted by Gasteiger charge is -2.26. The SMILES string of the molecule is COc1ccc(OCCO[N+](=O)[O-])cc1NC(=O)CCN1CCOCC1.Cl. The van der Waals surface area contributed by atoms with E-state index in [9.17, 15) is 14.9 Å². The van der Waals surface area contributed by atoms with Crippen LogP contribution in [0.2, 0.25) is 0 Å². The van der Waals surface area contributed by atoms with Crippen molar-refractivity contribution in [2.24, 2.45) is 0 Å². The van der Waals surface area contributed by atoms with Gasteiger partial charge in [0.2, 0.25) is 5.91 Å². The molecule has 1 aromatic rings. The van der Waals surface area contributed by atoms with Gasteiger partial charge in [0.1, 0.15) is 24.7 Å². The van der Waals surface area contributed by atoms with Crippen molar-refractivity contribution >= 4 is 24.0 Å². The summed E-state index contributed by atoms with van der Waals surface area (Å²) >= 11 is 0. The van der Waals surface area contributed by atoms with Gasteiger partial charge in [-0.25, -0.2) is 0 Å². The number of amides is 1. The van der Waals surface area contributed by atoms with Gasteiger partial charge < -0.3 is 24.4 Å². The van der Waals surface area contributed by atoms with E-state index in [-0.39, 0.29) is 31.5 Å². The molecule has 0 bridgehead atoms. The normalized spacial score (nSPS) is 14.0. The molecule has 11 heteroatoms. The van der Waals surface area contributed by atoms with Crippen LogP contribution in [0.25, 0.3) is 0 Å². The van der Waals surface area contributed by atoms with Gasteiger partial charge in [0, 0.05) is 32.1 Å². The monoisotopic (exact) mass is 405 g/mol. The van der Waals surface area contributed by atoms with Gasteiger partial charge in [-0.05, 0) is 12.1 Å². The van der Waals surface area contributed by atoms with Crippen molar-refractivity contribution in [1.82, 2.24) is 4.90 Å². The number of morpholine rings is 1. The Kier molecular flexibility index (Phi) is 10.2. The number of carbonyl (C=O) groups excluding carboxylic acids is 1. The van der Waals surface area contributed by atoms with Crippen LogP contribution in [0, 0.1) is 10.1 Å². The fraction of sp³-hybridized carbons (Fsp3) is 0.562. The number of methoxy groups -OCH3 is 1. The summed E-state index contributed by atoms with van der Waals surface area (Å²) in [5.41, 5.74) is 0.479. The van der Waals surface area contributed by atoms with Crippen LogP contribution in [-0.2, 0) is 14.4 Å². The summed E-state index contributed by atoms with van der Waals surface area (Å²) in [7, 11) is 1.50. The minimum atomic E-state index is -0.877. The first-order valence-electron chi connectivity index (χ1n) is 8.26. The Morgan fingerprint density at radius 1 is 1.33 bits per heavy atom. The molecule has 2 rings (SSSR count). The average molecular weight is 406 g/mol. The Balaban J connectivity index is 0.00000364. The van der Waals surface area contributed by atoms with Gasteiger partial charge in [0.05, 0.1) is 26.0 Å². The van der Waals surface area contributed by atoms with Crippen LogP contribution >= 0.6 is 12.4 Å². The predicted octanol–water partition coefficient (Wildman–Crippen LogP) is 1.36. The van der Waals surface area contributed by atoms with Crippen LogP contribution in [-0.4, -0.2) is 69.1 Å². The van der Waals surface area contributed by atoms with E-state index in [1.807, 2.05) is 0 Å². The number of ether oxygens (including phenoxy) is 3. The van der Waals surface area contributed by atoms with Crippen LogP contribution in [0.4, 0.5) is 5.69 Å². The molecule has 1 aliphatic heterocycles. The lowest BCUT2D eigenvalue weighted by molar-refractivity contribution is -0.757. The van der Waals surface area contributed by atoms with Crippen molar-refractivity contribution in [3.05, 3.63) is 28.3 Å². The predicted molar refractivity (Wildman–Crippen MR) is 99.2 cm³/mol. The molecule has 0 spiro atoms. The first-order chi connectivity index (χ1) is 12.6. The number of nitrogens with one attached hydrogen (secondary N) is 1.